The summed E-state index contributed by atoms with van der Waals surface area (Å²) >= 11 is 3.52. The molecule has 98 valence electrons. The molecule has 2 aromatic carbocycles. The van der Waals surface area contributed by atoms with E-state index in [1.165, 1.54) is 0 Å². The van der Waals surface area contributed by atoms with E-state index in [1.54, 1.807) is 18.2 Å². The van der Waals surface area contributed by atoms with E-state index >= 15 is 0 Å². The first-order valence-corrected chi connectivity index (χ1v) is 6.73. The Bertz CT molecular complexity index is 665. The smallest absolute Gasteiger partial charge is 0.258 e. The summed E-state index contributed by atoms with van der Waals surface area (Å²) in [4.78, 5) is 10.8. The molecule has 0 N–H and O–H groups in total. The van der Waals surface area contributed by atoms with Crippen LogP contribution in [0.25, 0.3) is 11.1 Å². The molecule has 0 aliphatic heterocycles. The zero-order chi connectivity index (χ0) is 14.2. The molecular weight excluding hydrogens is 306 g/mol. The van der Waals surface area contributed by atoms with Crippen LogP contribution in [0.2, 0.25) is 0 Å². The van der Waals surface area contributed by atoms with Crippen LogP contribution in [0.4, 0.5) is 5.69 Å². The third kappa shape index (κ3) is 2.40. The molecule has 0 heterocycles. The van der Waals surface area contributed by atoms with E-state index in [-0.39, 0.29) is 10.6 Å². The summed E-state index contributed by atoms with van der Waals surface area (Å²) in [6.07, 6.45) is 0. The highest BCUT2D eigenvalue weighted by atomic mass is 79.9. The first-order valence-electron chi connectivity index (χ1n) is 5.93. The molecule has 19 heavy (non-hydrogen) atoms. The van der Waals surface area contributed by atoms with E-state index in [4.69, 9.17) is 0 Å². The molecule has 0 spiro atoms. The first-order chi connectivity index (χ1) is 8.93. The van der Waals surface area contributed by atoms with Crippen molar-refractivity contribution in [2.24, 2.45) is 0 Å². The maximum absolute atomic E-state index is 11.2. The van der Waals surface area contributed by atoms with Gasteiger partial charge in [-0.2, -0.15) is 0 Å². The average Bonchev–Trinajstić information content (AvgIpc) is 2.36. The van der Waals surface area contributed by atoms with Crippen LogP contribution < -0.4 is 0 Å². The monoisotopic (exact) mass is 319 g/mol. The molecule has 0 aromatic heterocycles. The predicted octanol–water partition coefficient (Wildman–Crippen LogP) is 4.95. The molecule has 2 rings (SSSR count). The number of hydrogen-bond acceptors (Lipinski definition) is 2. The fourth-order valence-electron chi connectivity index (χ4n) is 2.29. The van der Waals surface area contributed by atoms with Gasteiger partial charge in [0.15, 0.2) is 0 Å². The van der Waals surface area contributed by atoms with Crippen molar-refractivity contribution in [3.63, 3.8) is 0 Å². The Kier molecular flexibility index (Phi) is 3.71. The van der Waals surface area contributed by atoms with Crippen molar-refractivity contribution in [2.45, 2.75) is 20.8 Å². The minimum Gasteiger partial charge on any atom is -0.258 e. The van der Waals surface area contributed by atoms with Crippen molar-refractivity contribution < 1.29 is 4.92 Å². The molecule has 0 saturated heterocycles. The Balaban J connectivity index is 2.80. The average molecular weight is 320 g/mol. The Hall–Kier alpha value is -1.68. The third-order valence-electron chi connectivity index (χ3n) is 3.40. The number of nitro benzene ring substituents is 1. The molecule has 0 radical (unpaired) electrons. The topological polar surface area (TPSA) is 43.1 Å². The quantitative estimate of drug-likeness (QED) is 0.580. The van der Waals surface area contributed by atoms with E-state index in [2.05, 4.69) is 15.9 Å². The molecule has 0 amide bonds. The van der Waals surface area contributed by atoms with Gasteiger partial charge >= 0.3 is 0 Å². The lowest BCUT2D eigenvalue weighted by Crippen LogP contribution is -1.97. The molecule has 0 aliphatic rings. The highest BCUT2D eigenvalue weighted by Gasteiger charge is 2.19. The second kappa shape index (κ2) is 5.13. The number of nitrogens with zero attached hydrogens (tertiary/aromatic N) is 1. The van der Waals surface area contributed by atoms with Crippen molar-refractivity contribution in [1.29, 1.82) is 0 Å². The summed E-state index contributed by atoms with van der Waals surface area (Å²) in [7, 11) is 0. The summed E-state index contributed by atoms with van der Waals surface area (Å²) in [6, 6.07) is 8.89. The third-order valence-corrected chi connectivity index (χ3v) is 4.23. The largest absolute Gasteiger partial charge is 0.277 e. The van der Waals surface area contributed by atoms with Crippen molar-refractivity contribution in [3.8, 4) is 11.1 Å². The van der Waals surface area contributed by atoms with Crippen LogP contribution in [-0.4, -0.2) is 4.92 Å². The van der Waals surface area contributed by atoms with Crippen LogP contribution in [0, 0.1) is 30.9 Å². The lowest BCUT2D eigenvalue weighted by molar-refractivity contribution is -0.384. The number of hydrogen-bond donors (Lipinski definition) is 0. The van der Waals surface area contributed by atoms with E-state index in [9.17, 15) is 10.1 Å². The standard InChI is InChI=1S/C15H14BrNO2/c1-9-8-13(16)10(2)11(3)15(9)12-6-4-5-7-14(12)17(18)19/h4-8H,1-3H3. The van der Waals surface area contributed by atoms with Gasteiger partial charge in [-0.1, -0.05) is 28.1 Å². The van der Waals surface area contributed by atoms with Crippen LogP contribution in [-0.2, 0) is 0 Å². The highest BCUT2D eigenvalue weighted by molar-refractivity contribution is 9.10. The summed E-state index contributed by atoms with van der Waals surface area (Å²) in [5.74, 6) is 0. The number of benzene rings is 2. The molecule has 0 fully saturated rings. The Morgan fingerprint density at radius 2 is 1.74 bits per heavy atom. The molecule has 0 bridgehead atoms. The normalized spacial score (nSPS) is 10.5. The Morgan fingerprint density at radius 1 is 1.11 bits per heavy atom. The predicted molar refractivity (Wildman–Crippen MR) is 80.4 cm³/mol. The van der Waals surface area contributed by atoms with E-state index < -0.39 is 0 Å². The molecule has 3 nitrogen and oxygen atoms in total. The lowest BCUT2D eigenvalue weighted by atomic mass is 9.92. The number of nitro groups is 1. The fourth-order valence-corrected chi connectivity index (χ4v) is 2.93. The van der Waals surface area contributed by atoms with Crippen LogP contribution in [0.15, 0.2) is 34.8 Å². The maximum atomic E-state index is 11.2. The first kappa shape index (κ1) is 13.7. The van der Waals surface area contributed by atoms with Crippen molar-refractivity contribution >= 4 is 21.6 Å². The second-order valence-electron chi connectivity index (χ2n) is 4.57. The Labute approximate surface area is 120 Å². The van der Waals surface area contributed by atoms with E-state index in [1.807, 2.05) is 32.9 Å². The van der Waals surface area contributed by atoms with Gasteiger partial charge in [-0.25, -0.2) is 0 Å². The lowest BCUT2D eigenvalue weighted by Gasteiger charge is -2.14. The van der Waals surface area contributed by atoms with Gasteiger partial charge in [0.05, 0.1) is 10.5 Å². The molecule has 2 aromatic rings. The number of para-hydroxylation sites is 1. The molecule has 0 unspecified atom stereocenters. The summed E-state index contributed by atoms with van der Waals surface area (Å²) in [5, 5.41) is 11.2. The van der Waals surface area contributed by atoms with Crippen LogP contribution >= 0.6 is 15.9 Å². The van der Waals surface area contributed by atoms with E-state index in [0.717, 1.165) is 26.7 Å². The Morgan fingerprint density at radius 3 is 2.37 bits per heavy atom. The molecular formula is C15H14BrNO2. The number of aryl methyl sites for hydroxylation is 1. The van der Waals surface area contributed by atoms with Crippen LogP contribution in [0.1, 0.15) is 16.7 Å². The molecule has 0 saturated carbocycles. The van der Waals surface area contributed by atoms with Gasteiger partial charge in [0.2, 0.25) is 0 Å². The van der Waals surface area contributed by atoms with Gasteiger partial charge in [-0.15, -0.1) is 0 Å². The van der Waals surface area contributed by atoms with E-state index in [0.29, 0.717) is 5.56 Å². The van der Waals surface area contributed by atoms with Gasteiger partial charge in [0, 0.05) is 10.5 Å². The zero-order valence-electron chi connectivity index (χ0n) is 11.0. The van der Waals surface area contributed by atoms with Gasteiger partial charge in [0.25, 0.3) is 5.69 Å². The van der Waals surface area contributed by atoms with Crippen molar-refractivity contribution in [1.82, 2.24) is 0 Å². The highest BCUT2D eigenvalue weighted by Crippen LogP contribution is 2.37. The summed E-state index contributed by atoms with van der Waals surface area (Å²) < 4.78 is 1.03. The molecule has 4 heteroatoms. The number of halogens is 1. The van der Waals surface area contributed by atoms with Crippen molar-refractivity contribution in [2.75, 3.05) is 0 Å². The maximum Gasteiger partial charge on any atom is 0.277 e. The minimum atomic E-state index is -0.328. The molecule has 0 aliphatic carbocycles. The van der Waals surface area contributed by atoms with Gasteiger partial charge in [0.1, 0.15) is 0 Å². The number of rotatable bonds is 2. The van der Waals surface area contributed by atoms with Crippen LogP contribution in [0.5, 0.6) is 0 Å². The second-order valence-corrected chi connectivity index (χ2v) is 5.43. The van der Waals surface area contributed by atoms with Gasteiger partial charge in [-0.3, -0.25) is 10.1 Å². The minimum absolute atomic E-state index is 0.149. The van der Waals surface area contributed by atoms with Crippen molar-refractivity contribution in [3.05, 3.63) is 61.6 Å². The zero-order valence-corrected chi connectivity index (χ0v) is 12.6. The van der Waals surface area contributed by atoms with Crippen LogP contribution in [0.3, 0.4) is 0 Å². The summed E-state index contributed by atoms with van der Waals surface area (Å²) in [5.41, 5.74) is 4.99. The van der Waals surface area contributed by atoms with Gasteiger partial charge in [-0.05, 0) is 55.2 Å². The van der Waals surface area contributed by atoms with Gasteiger partial charge < -0.3 is 0 Å². The SMILES string of the molecule is Cc1cc(Br)c(C)c(C)c1-c1ccccc1[N+](=O)[O-]. The molecule has 0 atom stereocenters. The summed E-state index contributed by atoms with van der Waals surface area (Å²) in [6.45, 7) is 5.99. The fraction of sp³-hybridized carbons (Fsp3) is 0.200.